The molecule has 0 bridgehead atoms. The van der Waals surface area contributed by atoms with E-state index in [1.807, 2.05) is 60.7 Å². The van der Waals surface area contributed by atoms with Crippen LogP contribution in [0.15, 0.2) is 133 Å². The van der Waals surface area contributed by atoms with Crippen molar-refractivity contribution >= 4 is 66.8 Å². The van der Waals surface area contributed by atoms with Crippen molar-refractivity contribution in [1.29, 1.82) is 0 Å². The predicted octanol–water partition coefficient (Wildman–Crippen LogP) is 20.5. The molecule has 0 aliphatic heterocycles. The van der Waals surface area contributed by atoms with Crippen LogP contribution in [0, 0.1) is 28.7 Å². The van der Waals surface area contributed by atoms with Gasteiger partial charge in [-0.3, -0.25) is 0 Å². The summed E-state index contributed by atoms with van der Waals surface area (Å²) in [7, 11) is 0. The van der Waals surface area contributed by atoms with Crippen LogP contribution >= 0.6 is 23.2 Å². The molecule has 0 radical (unpaired) electrons. The van der Waals surface area contributed by atoms with Crippen molar-refractivity contribution in [3.63, 3.8) is 0 Å². The van der Waals surface area contributed by atoms with Crippen molar-refractivity contribution in [1.82, 2.24) is 9.13 Å². The maximum atomic E-state index is 12.5. The molecule has 80 heavy (non-hydrogen) atoms. The van der Waals surface area contributed by atoms with Crippen molar-refractivity contribution in [3.8, 4) is 56.6 Å². The summed E-state index contributed by atoms with van der Waals surface area (Å²) in [4.78, 5) is 0. The quantitative estimate of drug-likeness (QED) is 0.0813. The number of halogens is 2. The minimum Gasteiger partial charge on any atom is -0.505 e. The van der Waals surface area contributed by atoms with Gasteiger partial charge in [0.15, 0.2) is 0 Å². The zero-order valence-electron chi connectivity index (χ0n) is 49.7. The molecule has 2 aromatic heterocycles. The number of fused-ring (bicyclic) bond motifs is 6. The van der Waals surface area contributed by atoms with E-state index in [4.69, 9.17) is 32.7 Å². The summed E-state index contributed by atoms with van der Waals surface area (Å²) in [6, 6.07) is 46.0. The Morgan fingerprint density at radius 3 is 0.950 bits per heavy atom. The maximum Gasteiger partial charge on any atom is 0.147 e. The zero-order valence-corrected chi connectivity index (χ0v) is 54.8. The number of aryl methyl sites for hydroxylation is 2. The number of phenols is 2. The summed E-state index contributed by atoms with van der Waals surface area (Å²) in [5, 5.41) is 30.7. The second-order valence-corrected chi connectivity index (χ2v) is 26.2. The average molecular weight is 1270 g/mol. The fraction of sp³-hybridized carbons (Fsp3) is 0.296. The Bertz CT molecular complexity index is 3570. The topological polar surface area (TPSA) is 68.8 Å². The first-order valence-corrected chi connectivity index (χ1v) is 27.6. The van der Waals surface area contributed by atoms with Crippen LogP contribution in [0.2, 0.25) is 10.0 Å². The molecule has 0 unspecified atom stereocenters. The molecule has 0 saturated heterocycles. The largest absolute Gasteiger partial charge is 0.505 e. The van der Waals surface area contributed by atoms with Gasteiger partial charge >= 0.3 is 0 Å². The van der Waals surface area contributed by atoms with Gasteiger partial charge in [-0.05, 0) is 178 Å². The maximum absolute atomic E-state index is 12.5. The van der Waals surface area contributed by atoms with Crippen LogP contribution in [0.1, 0.15) is 123 Å². The molecule has 2 N–H and O–H groups in total. The smallest absolute Gasteiger partial charge is 0.147 e. The summed E-state index contributed by atoms with van der Waals surface area (Å²) in [6.07, 6.45) is 0.531. The van der Waals surface area contributed by atoms with Crippen LogP contribution < -0.4 is 9.47 Å². The molecule has 0 aliphatic carbocycles. The number of aromatic nitrogens is 2. The summed E-state index contributed by atoms with van der Waals surface area (Å²) in [5.41, 5.74) is 14.8. The van der Waals surface area contributed by atoms with Crippen molar-refractivity contribution in [2.24, 2.45) is 0 Å². The molecule has 0 spiro atoms. The Morgan fingerprint density at radius 1 is 0.388 bits per heavy atom. The molecule has 10 aromatic rings. The van der Waals surface area contributed by atoms with E-state index >= 15 is 0 Å². The van der Waals surface area contributed by atoms with Gasteiger partial charge in [0.2, 0.25) is 0 Å². The van der Waals surface area contributed by atoms with Crippen LogP contribution in [0.5, 0.6) is 23.0 Å². The molecule has 2 heterocycles. The number of aromatic hydroxyl groups is 2. The summed E-state index contributed by atoms with van der Waals surface area (Å²) >= 11 is 13.5. The van der Waals surface area contributed by atoms with Crippen molar-refractivity contribution in [2.45, 2.75) is 125 Å². The minimum absolute atomic E-state index is 0. The van der Waals surface area contributed by atoms with E-state index in [1.165, 1.54) is 22.3 Å². The molecule has 0 atom stereocenters. The van der Waals surface area contributed by atoms with Crippen molar-refractivity contribution in [3.05, 3.63) is 192 Å². The molecule has 9 heteroatoms. The average Bonchev–Trinajstić information content (AvgIpc) is 4.09. The van der Waals surface area contributed by atoms with Gasteiger partial charge in [-0.2, -0.15) is 0 Å². The Kier molecular flexibility index (Phi) is 17.5. The van der Waals surface area contributed by atoms with Crippen LogP contribution in [0.4, 0.5) is 0 Å². The first-order chi connectivity index (χ1) is 36.2. The fourth-order valence-electron chi connectivity index (χ4n) is 10.8. The Balaban J connectivity index is 0.00000308. The van der Waals surface area contributed by atoms with Gasteiger partial charge in [-0.15, -0.1) is 0 Å². The first-order valence-electron chi connectivity index (χ1n) is 26.9. The van der Waals surface area contributed by atoms with Gasteiger partial charge in [0.25, 0.3) is 0 Å². The fourth-order valence-corrected chi connectivity index (χ4v) is 11.1. The number of rotatable bonds is 10. The standard InChI is InChI=1S/C69H72Cl2N2O4.2CH3.Hf/c1-40-30-54(64(74)60(32-40)72-56-22-16-42(66(3,4)5)34-48(56)49-35-43(67(6,7)8)17-23-57(49)72)52-38-46(70)20-26-62(52)76-28-15-29-77-63-27-21-47(71)39-53(63)55-31-41(2)33-61(65(55)75)73-58-24-18-44(68(9,10)11)36-50(58)51-37-45(69(12,13)14)19-25-59(51)73;;;/h16-27,30-39,74-75H,15,28-29H2,1-14H3;2*1H3;/q;2*-1;. The SMILES string of the molecule is Cc1cc(-c2cc(Cl)ccc2OCCCOc2ccc(Cl)cc2-c2cc(C)cc(-n3c4ccc(C(C)(C)C)cc4c4cc(C(C)(C)C)ccc43)c2O)c(O)c(-n2c3ccc(C(C)(C)C)cc3c3cc(C(C)(C)C)ccc32)c1.[CH3-].[CH3-].[Hf]. The third-order valence-corrected chi connectivity index (χ3v) is 15.7. The molecule has 0 fully saturated rings. The van der Waals surface area contributed by atoms with Crippen molar-refractivity contribution in [2.75, 3.05) is 13.2 Å². The predicted molar refractivity (Wildman–Crippen MR) is 338 cm³/mol. The third kappa shape index (κ3) is 11.7. The molecule has 0 saturated carbocycles. The normalized spacial score (nSPS) is 12.2. The van der Waals surface area contributed by atoms with Gasteiger partial charge in [0, 0.05) is 86.1 Å². The molecule has 8 aromatic carbocycles. The van der Waals surface area contributed by atoms with Crippen molar-refractivity contribution < 1.29 is 45.5 Å². The number of hydrogen-bond donors (Lipinski definition) is 2. The van der Waals surface area contributed by atoms with Crippen LogP contribution in [-0.2, 0) is 47.5 Å². The van der Waals surface area contributed by atoms with Crippen LogP contribution in [0.25, 0.3) is 77.2 Å². The second kappa shape index (κ2) is 22.7. The van der Waals surface area contributed by atoms with E-state index in [1.54, 1.807) is 0 Å². The number of ether oxygens (including phenoxy) is 2. The van der Waals surface area contributed by atoms with E-state index in [9.17, 15) is 10.2 Å². The molecule has 0 aliphatic rings. The molecule has 0 amide bonds. The van der Waals surface area contributed by atoms with E-state index in [0.717, 1.165) is 54.7 Å². The van der Waals surface area contributed by atoms with E-state index in [-0.39, 0.29) is 73.9 Å². The zero-order chi connectivity index (χ0) is 55.3. The molecule has 416 valence electrons. The minimum atomic E-state index is -0.0439. The van der Waals surface area contributed by atoms with Crippen LogP contribution in [0.3, 0.4) is 0 Å². The molecular formula is C71H78Cl2HfN2O4-2. The van der Waals surface area contributed by atoms with Gasteiger partial charge in [0.05, 0.1) is 46.7 Å². The van der Waals surface area contributed by atoms with E-state index < -0.39 is 0 Å². The van der Waals surface area contributed by atoms with Crippen LogP contribution in [-0.4, -0.2) is 32.6 Å². The number of nitrogens with zero attached hydrogens (tertiary/aromatic N) is 2. The Hall–Kier alpha value is -5.99. The Labute approximate surface area is 504 Å². The summed E-state index contributed by atoms with van der Waals surface area (Å²) < 4.78 is 17.5. The van der Waals surface area contributed by atoms with Gasteiger partial charge in [-0.25, -0.2) is 0 Å². The van der Waals surface area contributed by atoms with Gasteiger partial charge in [0.1, 0.15) is 23.0 Å². The van der Waals surface area contributed by atoms with Gasteiger partial charge in [-0.1, -0.05) is 131 Å². The number of hydrogen-bond acceptors (Lipinski definition) is 4. The monoisotopic (exact) mass is 1270 g/mol. The number of phenolic OH excluding ortho intramolecular Hbond substituents is 2. The molecular weight excluding hydrogens is 1190 g/mol. The Morgan fingerprint density at radius 2 is 0.675 bits per heavy atom. The molecule has 6 nitrogen and oxygen atoms in total. The summed E-state index contributed by atoms with van der Waals surface area (Å²) in [6.45, 7) is 31.6. The first kappa shape index (κ1) is 61.6. The third-order valence-electron chi connectivity index (χ3n) is 15.2. The second-order valence-electron chi connectivity index (χ2n) is 25.3. The summed E-state index contributed by atoms with van der Waals surface area (Å²) in [5.74, 6) is 1.44. The van der Waals surface area contributed by atoms with E-state index in [0.29, 0.717) is 74.8 Å². The van der Waals surface area contributed by atoms with E-state index in [2.05, 4.69) is 179 Å². The number of benzene rings is 8. The van der Waals surface area contributed by atoms with Gasteiger partial charge < -0.3 is 43.7 Å². The molecule has 10 rings (SSSR count).